The molecule has 2 fully saturated rings. The van der Waals surface area contributed by atoms with Crippen LogP contribution < -0.4 is 29.9 Å². The molecular weight excluding hydrogens is 899 g/mol. The molecule has 0 unspecified atom stereocenters. The van der Waals surface area contributed by atoms with Crippen LogP contribution in [0.2, 0.25) is 0 Å². The third-order valence-corrected chi connectivity index (χ3v) is 14.3. The first kappa shape index (κ1) is 45.7. The highest BCUT2D eigenvalue weighted by atomic mass is 16.5. The summed E-state index contributed by atoms with van der Waals surface area (Å²) in [7, 11) is 0. The summed E-state index contributed by atoms with van der Waals surface area (Å²) in [5, 5.41) is 20.1. The molecular formula is C54H55N11O6. The van der Waals surface area contributed by atoms with E-state index in [9.17, 15) is 19.6 Å². The molecule has 2 saturated heterocycles. The zero-order valence-corrected chi connectivity index (χ0v) is 39.4. The number of esters is 2. The van der Waals surface area contributed by atoms with Gasteiger partial charge in [-0.05, 0) is 60.1 Å². The number of piperazine rings is 2. The van der Waals surface area contributed by atoms with Crippen LogP contribution in [-0.2, 0) is 48.1 Å². The first-order chi connectivity index (χ1) is 34.7. The molecule has 0 amide bonds. The number of oxime groups is 1. The van der Waals surface area contributed by atoms with Gasteiger partial charge in [0.2, 0.25) is 11.9 Å². The van der Waals surface area contributed by atoms with E-state index in [1.54, 1.807) is 18.2 Å². The number of nitrogens with one attached hydrogen (secondary N) is 2. The highest BCUT2D eigenvalue weighted by molar-refractivity contribution is 6.02. The number of benzene rings is 4. The van der Waals surface area contributed by atoms with Crippen LogP contribution in [0, 0.1) is 0 Å². The third-order valence-electron chi connectivity index (χ3n) is 14.3. The Hall–Kier alpha value is -7.76. The minimum absolute atomic E-state index is 0.0389. The lowest BCUT2D eigenvalue weighted by atomic mass is 10.1. The van der Waals surface area contributed by atoms with Gasteiger partial charge < -0.3 is 35.1 Å². The second-order valence-corrected chi connectivity index (χ2v) is 19.0. The quantitative estimate of drug-likeness (QED) is 0.0369. The second-order valence-electron chi connectivity index (χ2n) is 19.0. The van der Waals surface area contributed by atoms with Gasteiger partial charge in [0.25, 0.3) is 0 Å². The van der Waals surface area contributed by atoms with Crippen LogP contribution in [0.25, 0.3) is 0 Å². The van der Waals surface area contributed by atoms with Crippen molar-refractivity contribution in [2.75, 3.05) is 85.9 Å². The van der Waals surface area contributed by atoms with Crippen molar-refractivity contribution in [2.24, 2.45) is 5.16 Å². The van der Waals surface area contributed by atoms with E-state index in [2.05, 4.69) is 104 Å². The Kier molecular flexibility index (Phi) is 13.1. The molecule has 2 aliphatic carbocycles. The first-order valence-electron chi connectivity index (χ1n) is 24.4. The van der Waals surface area contributed by atoms with Crippen LogP contribution in [0.15, 0.2) is 115 Å². The van der Waals surface area contributed by atoms with Crippen molar-refractivity contribution in [3.63, 3.8) is 0 Å². The van der Waals surface area contributed by atoms with E-state index >= 15 is 0 Å². The summed E-state index contributed by atoms with van der Waals surface area (Å²) < 4.78 is 10.4. The number of anilines is 4. The molecule has 6 aromatic rings. The van der Waals surface area contributed by atoms with Crippen molar-refractivity contribution >= 4 is 46.7 Å². The number of Topliss-reactive ketones (excluding diaryl/α,β-unsaturated/α-hetero) is 1. The third kappa shape index (κ3) is 10.6. The first-order valence-corrected chi connectivity index (χ1v) is 24.4. The molecule has 0 atom stereocenters. The van der Waals surface area contributed by atoms with Crippen molar-refractivity contribution in [3.05, 3.63) is 154 Å². The molecule has 0 spiro atoms. The van der Waals surface area contributed by atoms with Crippen LogP contribution in [-0.4, -0.2) is 136 Å². The van der Waals surface area contributed by atoms with E-state index in [1.807, 2.05) is 43.0 Å². The summed E-state index contributed by atoms with van der Waals surface area (Å²) in [6.45, 7) is 7.34. The molecule has 4 aromatic carbocycles. The Balaban J connectivity index is 0.000000154. The molecule has 17 nitrogen and oxygen atoms in total. The molecule has 0 radical (unpaired) electrons. The normalized spacial score (nSPS) is 17.9. The van der Waals surface area contributed by atoms with Gasteiger partial charge in [0.1, 0.15) is 17.2 Å². The monoisotopic (exact) mass is 953 g/mol. The summed E-state index contributed by atoms with van der Waals surface area (Å²) >= 11 is 0. The molecule has 12 rings (SSSR count). The minimum Gasteiger partial charge on any atom is -0.426 e. The van der Waals surface area contributed by atoms with E-state index in [-0.39, 0.29) is 24.1 Å². The SMILES string of the molecule is O=C1Cc2ccc(/C(CN3CCN(c4cnc(NC5Cc6ccccc6C5)nc4)CC3)=N\O)cc2O1.O=C1Cc2ccc(C(=O)CN3CCN(c4cnc(NC5Cc6ccccc6C5)nc4)CC3)cc2O1. The standard InChI is InChI=1S/C27H28N6O3.C27H27N5O3/c34-26-14-21-6-5-20(13-25(21)36-26)24(31-35)17-32-7-9-33(10-8-32)23-15-28-27(29-16-23)30-22-11-18-3-1-2-4-19(18)12-22;33-24(20-5-6-21-14-26(34)35-25(21)13-20)17-31-7-9-32(10-8-31)23-15-28-27(29-16-23)30-22-11-18-3-1-2-4-19(18)12-22/h1-6,13,15-16,22,35H,7-12,14,17H2,(H,28,29,30);1-6,13,15-16,22H,7-12,14,17H2,(H,28,29,30)/b31-24-;. The largest absolute Gasteiger partial charge is 0.426 e. The Bertz CT molecular complexity index is 2920. The number of aromatic nitrogens is 4. The van der Waals surface area contributed by atoms with Gasteiger partial charge in [-0.1, -0.05) is 78.0 Å². The minimum atomic E-state index is -0.266. The smallest absolute Gasteiger partial charge is 0.315 e. The van der Waals surface area contributed by atoms with Crippen LogP contribution in [0.5, 0.6) is 11.5 Å². The maximum atomic E-state index is 12.8. The van der Waals surface area contributed by atoms with Crippen molar-refractivity contribution < 1.29 is 29.1 Å². The average Bonchev–Trinajstić information content (AvgIpc) is 4.19. The number of ketones is 1. The number of hydrogen-bond acceptors (Lipinski definition) is 17. The lowest BCUT2D eigenvalue weighted by Gasteiger charge is -2.35. The number of carbonyl (C=O) groups is 3. The van der Waals surface area contributed by atoms with Crippen LogP contribution in [0.1, 0.15) is 49.3 Å². The maximum absolute atomic E-state index is 12.8. The van der Waals surface area contributed by atoms with Crippen molar-refractivity contribution in [2.45, 2.75) is 50.6 Å². The second kappa shape index (κ2) is 20.3. The van der Waals surface area contributed by atoms with Gasteiger partial charge in [-0.15, -0.1) is 0 Å². The fraction of sp³-hybridized carbons (Fsp3) is 0.333. The number of fused-ring (bicyclic) bond motifs is 4. The Labute approximate surface area is 411 Å². The zero-order chi connectivity index (χ0) is 48.3. The summed E-state index contributed by atoms with van der Waals surface area (Å²) in [4.78, 5) is 62.9. The van der Waals surface area contributed by atoms with Gasteiger partial charge in [0, 0.05) is 93.2 Å². The van der Waals surface area contributed by atoms with Crippen molar-refractivity contribution in [1.29, 1.82) is 0 Å². The van der Waals surface area contributed by atoms with E-state index in [0.29, 0.717) is 66.3 Å². The molecule has 71 heavy (non-hydrogen) atoms. The molecule has 2 aromatic heterocycles. The van der Waals surface area contributed by atoms with Gasteiger partial charge in [-0.25, -0.2) is 19.9 Å². The molecule has 362 valence electrons. The predicted molar refractivity (Wildman–Crippen MR) is 268 cm³/mol. The number of carbonyl (C=O) groups excluding carboxylic acids is 3. The number of nitrogens with zero attached hydrogens (tertiary/aromatic N) is 9. The summed E-state index contributed by atoms with van der Waals surface area (Å²) in [5.41, 5.74) is 11.2. The van der Waals surface area contributed by atoms with Gasteiger partial charge in [-0.2, -0.15) is 0 Å². The number of hydrogen-bond donors (Lipinski definition) is 3. The summed E-state index contributed by atoms with van der Waals surface area (Å²) in [6, 6.07) is 28.6. The molecule has 0 saturated carbocycles. The molecule has 6 aliphatic rings. The summed E-state index contributed by atoms with van der Waals surface area (Å²) in [5.74, 6) is 1.92. The Morgan fingerprint density at radius 2 is 0.958 bits per heavy atom. The molecule has 6 heterocycles. The summed E-state index contributed by atoms with van der Waals surface area (Å²) in [6.07, 6.45) is 12.1. The molecule has 4 aliphatic heterocycles. The Morgan fingerprint density at radius 1 is 0.549 bits per heavy atom. The molecule has 3 N–H and O–H groups in total. The van der Waals surface area contributed by atoms with Gasteiger partial charge in [0.15, 0.2) is 5.78 Å². The molecule has 0 bridgehead atoms. The van der Waals surface area contributed by atoms with Gasteiger partial charge in [-0.3, -0.25) is 24.2 Å². The van der Waals surface area contributed by atoms with Crippen LogP contribution >= 0.6 is 0 Å². The number of ether oxygens (including phenoxy) is 2. The van der Waals surface area contributed by atoms with E-state index in [4.69, 9.17) is 9.47 Å². The van der Waals surface area contributed by atoms with Crippen LogP contribution in [0.3, 0.4) is 0 Å². The lowest BCUT2D eigenvalue weighted by Crippen LogP contribution is -2.48. The van der Waals surface area contributed by atoms with E-state index < -0.39 is 0 Å². The Morgan fingerprint density at radius 3 is 1.39 bits per heavy atom. The fourth-order valence-electron chi connectivity index (χ4n) is 10.4. The number of rotatable bonds is 12. The average molecular weight is 954 g/mol. The van der Waals surface area contributed by atoms with Crippen LogP contribution in [0.4, 0.5) is 23.3 Å². The van der Waals surface area contributed by atoms with Crippen molar-refractivity contribution in [1.82, 2.24) is 29.7 Å². The zero-order valence-electron chi connectivity index (χ0n) is 39.4. The van der Waals surface area contributed by atoms with Gasteiger partial charge in [0.05, 0.1) is 55.5 Å². The fourth-order valence-corrected chi connectivity index (χ4v) is 10.4. The highest BCUT2D eigenvalue weighted by Crippen LogP contribution is 2.30. The lowest BCUT2D eigenvalue weighted by molar-refractivity contribution is -0.132. The molecule has 17 heteroatoms. The highest BCUT2D eigenvalue weighted by Gasteiger charge is 2.28. The van der Waals surface area contributed by atoms with Gasteiger partial charge >= 0.3 is 11.9 Å². The van der Waals surface area contributed by atoms with E-state index in [0.717, 1.165) is 106 Å². The van der Waals surface area contributed by atoms with Crippen molar-refractivity contribution in [3.8, 4) is 11.5 Å². The topological polar surface area (TPSA) is 191 Å². The predicted octanol–water partition coefficient (Wildman–Crippen LogP) is 5.04. The maximum Gasteiger partial charge on any atom is 0.315 e. The van der Waals surface area contributed by atoms with E-state index in [1.165, 1.54) is 22.3 Å².